The van der Waals surface area contributed by atoms with E-state index in [0.29, 0.717) is 23.5 Å². The molecule has 0 aromatic heterocycles. The van der Waals surface area contributed by atoms with Gasteiger partial charge in [-0.3, -0.25) is 4.79 Å². The van der Waals surface area contributed by atoms with E-state index in [1.165, 1.54) is 6.07 Å². The van der Waals surface area contributed by atoms with Gasteiger partial charge in [-0.15, -0.1) is 12.4 Å². The maximum Gasteiger partial charge on any atom is 0.387 e. The minimum atomic E-state index is -2.96. The molecule has 3 N–H and O–H groups in total. The van der Waals surface area contributed by atoms with Crippen molar-refractivity contribution < 1.29 is 27.8 Å². The number of fused-ring (bicyclic) bond motifs is 1. The minimum absolute atomic E-state index is 0. The second kappa shape index (κ2) is 8.53. The molecule has 2 atom stereocenters. The topological polar surface area (TPSA) is 82.8 Å². The average Bonchev–Trinajstić information content (AvgIpc) is 3.13. The van der Waals surface area contributed by atoms with Gasteiger partial charge in [-0.1, -0.05) is 6.42 Å². The number of amides is 1. The monoisotopic (exact) mass is 378 g/mol. The van der Waals surface area contributed by atoms with E-state index in [4.69, 9.17) is 15.2 Å². The van der Waals surface area contributed by atoms with Crippen molar-refractivity contribution >= 4 is 18.3 Å². The van der Waals surface area contributed by atoms with Crippen LogP contribution in [0.5, 0.6) is 17.2 Å². The first-order chi connectivity index (χ1) is 11.5. The molecule has 9 heteroatoms. The molecule has 1 aliphatic carbocycles. The predicted octanol–water partition coefficient (Wildman–Crippen LogP) is 2.57. The van der Waals surface area contributed by atoms with Crippen LogP contribution in [0.1, 0.15) is 31.2 Å². The number of ether oxygens (including phenoxy) is 3. The largest absolute Gasteiger partial charge is 0.454 e. The van der Waals surface area contributed by atoms with E-state index < -0.39 is 6.61 Å². The lowest BCUT2D eigenvalue weighted by Gasteiger charge is -2.16. The molecule has 3 rings (SSSR count). The van der Waals surface area contributed by atoms with Gasteiger partial charge in [-0.05, 0) is 24.8 Å². The smallest absolute Gasteiger partial charge is 0.387 e. The number of carbonyl (C=O) groups excluding carboxylic acids is 1. The number of nitrogens with one attached hydrogen (secondary N) is 1. The van der Waals surface area contributed by atoms with Gasteiger partial charge in [0.15, 0.2) is 11.5 Å². The zero-order chi connectivity index (χ0) is 17.1. The molecule has 1 aliphatic heterocycles. The highest BCUT2D eigenvalue weighted by Crippen LogP contribution is 2.38. The summed E-state index contributed by atoms with van der Waals surface area (Å²) in [6.45, 7) is -2.87. The molecule has 6 nitrogen and oxygen atoms in total. The lowest BCUT2D eigenvalue weighted by Crippen LogP contribution is -2.31. The lowest BCUT2D eigenvalue weighted by molar-refractivity contribution is -0.122. The quantitative estimate of drug-likeness (QED) is 0.795. The third-order valence-corrected chi connectivity index (χ3v) is 4.41. The molecule has 1 saturated carbocycles. The summed E-state index contributed by atoms with van der Waals surface area (Å²) in [6, 6.07) is 2.95. The van der Waals surface area contributed by atoms with Crippen LogP contribution in [0, 0.1) is 5.92 Å². The molecule has 140 valence electrons. The fraction of sp³-hybridized carbons (Fsp3) is 0.562. The summed E-state index contributed by atoms with van der Waals surface area (Å²) in [5, 5.41) is 2.74. The summed E-state index contributed by atoms with van der Waals surface area (Å²) < 4.78 is 40.0. The molecule has 0 bridgehead atoms. The van der Waals surface area contributed by atoms with Gasteiger partial charge in [0.2, 0.25) is 12.7 Å². The SMILES string of the molecule is Cl.N[C@@H]1CCC[C@H]1CC(=O)NCc1cc2c(cc1OC(F)F)OCO2. The van der Waals surface area contributed by atoms with E-state index in [-0.39, 0.29) is 49.4 Å². The van der Waals surface area contributed by atoms with Crippen LogP contribution in [0.15, 0.2) is 12.1 Å². The Morgan fingerprint density at radius 3 is 2.68 bits per heavy atom. The number of alkyl halides is 2. The molecule has 0 radical (unpaired) electrons. The van der Waals surface area contributed by atoms with Gasteiger partial charge >= 0.3 is 6.61 Å². The van der Waals surface area contributed by atoms with Crippen LogP contribution in [0.2, 0.25) is 0 Å². The molecule has 1 fully saturated rings. The Kier molecular flexibility index (Phi) is 6.66. The average molecular weight is 379 g/mol. The van der Waals surface area contributed by atoms with Gasteiger partial charge in [-0.2, -0.15) is 8.78 Å². The highest BCUT2D eigenvalue weighted by atomic mass is 35.5. The number of nitrogens with two attached hydrogens (primary N) is 1. The standard InChI is InChI=1S/C16H20F2N2O4.ClH/c17-16(18)24-12-6-14-13(22-8-23-14)4-10(12)7-20-15(21)5-9-2-1-3-11(9)19;/h4,6,9,11,16H,1-3,5,7-8,19H2,(H,20,21);1H/t9-,11+;/m0./s1. The second-order valence-corrected chi connectivity index (χ2v) is 6.03. The Morgan fingerprint density at radius 2 is 2.04 bits per heavy atom. The Hall–Kier alpha value is -1.80. The van der Waals surface area contributed by atoms with Crippen LogP contribution in [0.25, 0.3) is 0 Å². The molecular weight excluding hydrogens is 358 g/mol. The highest BCUT2D eigenvalue weighted by Gasteiger charge is 2.26. The Morgan fingerprint density at radius 1 is 1.32 bits per heavy atom. The molecule has 25 heavy (non-hydrogen) atoms. The summed E-state index contributed by atoms with van der Waals surface area (Å²) in [7, 11) is 0. The van der Waals surface area contributed by atoms with Crippen molar-refractivity contribution in [2.45, 2.75) is 44.9 Å². The number of carbonyl (C=O) groups is 1. The normalized spacial score (nSPS) is 21.1. The van der Waals surface area contributed by atoms with Crippen LogP contribution >= 0.6 is 12.4 Å². The third-order valence-electron chi connectivity index (χ3n) is 4.41. The van der Waals surface area contributed by atoms with E-state index in [9.17, 15) is 13.6 Å². The van der Waals surface area contributed by atoms with Crippen LogP contribution < -0.4 is 25.3 Å². The van der Waals surface area contributed by atoms with Gasteiger partial charge in [0.1, 0.15) is 5.75 Å². The maximum absolute atomic E-state index is 12.6. The molecular formula is C16H21ClF2N2O4. The zero-order valence-electron chi connectivity index (χ0n) is 13.5. The number of benzene rings is 1. The minimum Gasteiger partial charge on any atom is -0.454 e. The molecule has 1 heterocycles. The fourth-order valence-corrected chi connectivity index (χ4v) is 3.13. The fourth-order valence-electron chi connectivity index (χ4n) is 3.13. The molecule has 1 amide bonds. The Bertz CT molecular complexity index is 618. The molecule has 0 saturated heterocycles. The molecule has 0 spiro atoms. The Balaban J connectivity index is 0.00000225. The lowest BCUT2D eigenvalue weighted by atomic mass is 10.00. The summed E-state index contributed by atoms with van der Waals surface area (Å²) in [5.74, 6) is 0.778. The van der Waals surface area contributed by atoms with Crippen molar-refractivity contribution in [3.8, 4) is 17.2 Å². The first kappa shape index (κ1) is 19.5. The van der Waals surface area contributed by atoms with E-state index in [0.717, 1.165) is 19.3 Å². The molecule has 0 unspecified atom stereocenters. The van der Waals surface area contributed by atoms with Crippen LogP contribution in [-0.4, -0.2) is 25.4 Å². The van der Waals surface area contributed by atoms with Crippen molar-refractivity contribution in [2.24, 2.45) is 11.7 Å². The van der Waals surface area contributed by atoms with Crippen LogP contribution in [0.4, 0.5) is 8.78 Å². The van der Waals surface area contributed by atoms with Gasteiger partial charge in [-0.25, -0.2) is 0 Å². The van der Waals surface area contributed by atoms with Gasteiger partial charge in [0, 0.05) is 30.6 Å². The van der Waals surface area contributed by atoms with Crippen molar-refractivity contribution in [1.29, 1.82) is 0 Å². The number of hydrogen-bond acceptors (Lipinski definition) is 5. The molecule has 1 aromatic rings. The molecule has 1 aromatic carbocycles. The third kappa shape index (κ3) is 4.85. The summed E-state index contributed by atoms with van der Waals surface area (Å²) in [5.41, 5.74) is 6.37. The van der Waals surface area contributed by atoms with Gasteiger partial charge in [0.05, 0.1) is 0 Å². The van der Waals surface area contributed by atoms with E-state index in [1.54, 1.807) is 6.07 Å². The number of hydrogen-bond donors (Lipinski definition) is 2. The van der Waals surface area contributed by atoms with E-state index in [2.05, 4.69) is 10.1 Å². The van der Waals surface area contributed by atoms with Crippen LogP contribution in [0.3, 0.4) is 0 Å². The molecule has 2 aliphatic rings. The predicted molar refractivity (Wildman–Crippen MR) is 88.2 cm³/mol. The Labute approximate surface area is 150 Å². The summed E-state index contributed by atoms with van der Waals surface area (Å²) in [4.78, 5) is 12.1. The van der Waals surface area contributed by atoms with Crippen molar-refractivity contribution in [3.05, 3.63) is 17.7 Å². The first-order valence-corrected chi connectivity index (χ1v) is 7.92. The highest BCUT2D eigenvalue weighted by molar-refractivity contribution is 5.85. The zero-order valence-corrected chi connectivity index (χ0v) is 14.3. The van der Waals surface area contributed by atoms with E-state index in [1.807, 2.05) is 0 Å². The van der Waals surface area contributed by atoms with Gasteiger partial charge < -0.3 is 25.3 Å². The summed E-state index contributed by atoms with van der Waals surface area (Å²) in [6.07, 6.45) is 3.26. The summed E-state index contributed by atoms with van der Waals surface area (Å²) >= 11 is 0. The number of halogens is 3. The maximum atomic E-state index is 12.6. The van der Waals surface area contributed by atoms with Crippen LogP contribution in [-0.2, 0) is 11.3 Å². The second-order valence-electron chi connectivity index (χ2n) is 6.03. The van der Waals surface area contributed by atoms with E-state index >= 15 is 0 Å². The number of rotatable bonds is 6. The first-order valence-electron chi connectivity index (χ1n) is 7.92. The van der Waals surface area contributed by atoms with Crippen molar-refractivity contribution in [3.63, 3.8) is 0 Å². The van der Waals surface area contributed by atoms with Crippen molar-refractivity contribution in [1.82, 2.24) is 5.32 Å². The van der Waals surface area contributed by atoms with Crippen molar-refractivity contribution in [2.75, 3.05) is 6.79 Å². The van der Waals surface area contributed by atoms with Gasteiger partial charge in [0.25, 0.3) is 0 Å².